The van der Waals surface area contributed by atoms with Crippen molar-refractivity contribution in [1.29, 1.82) is 0 Å². The maximum absolute atomic E-state index is 12.5. The topological polar surface area (TPSA) is 80.3 Å². The molecule has 1 N–H and O–H groups in total. The second-order valence-electron chi connectivity index (χ2n) is 6.08. The van der Waals surface area contributed by atoms with Crippen LogP contribution in [0.1, 0.15) is 37.4 Å². The van der Waals surface area contributed by atoms with Crippen LogP contribution in [-0.4, -0.2) is 23.1 Å². The summed E-state index contributed by atoms with van der Waals surface area (Å²) >= 11 is 0. The molecule has 25 heavy (non-hydrogen) atoms. The van der Waals surface area contributed by atoms with Gasteiger partial charge < -0.3 is 0 Å². The van der Waals surface area contributed by atoms with Crippen molar-refractivity contribution in [3.05, 3.63) is 59.7 Å². The van der Waals surface area contributed by atoms with E-state index in [9.17, 15) is 16.8 Å². The summed E-state index contributed by atoms with van der Waals surface area (Å²) in [5.41, 5.74) is 1.80. The number of hydrogen-bond donors (Lipinski definition) is 1. The number of hydrogen-bond acceptors (Lipinski definition) is 4. The lowest BCUT2D eigenvalue weighted by molar-refractivity contribution is 0.566. The van der Waals surface area contributed by atoms with Crippen LogP contribution in [-0.2, 0) is 26.3 Å². The lowest BCUT2D eigenvalue weighted by atomic mass is 10.1. The molecule has 0 spiro atoms. The molecule has 7 heteroatoms. The molecule has 1 unspecified atom stereocenters. The zero-order chi connectivity index (χ0) is 18.7. The summed E-state index contributed by atoms with van der Waals surface area (Å²) in [5, 5.41) is 0. The molecule has 136 valence electrons. The Bertz CT molecular complexity index is 916. The largest absolute Gasteiger partial charge is 0.241 e. The molecule has 0 saturated carbocycles. The second kappa shape index (κ2) is 7.68. The Balaban J connectivity index is 2.16. The molecule has 0 aliphatic carbocycles. The predicted molar refractivity (Wildman–Crippen MR) is 98.7 cm³/mol. The van der Waals surface area contributed by atoms with Gasteiger partial charge in [-0.25, -0.2) is 21.6 Å². The van der Waals surface area contributed by atoms with E-state index in [-0.39, 0.29) is 9.79 Å². The van der Waals surface area contributed by atoms with Gasteiger partial charge in [0.05, 0.1) is 9.79 Å². The van der Waals surface area contributed by atoms with E-state index in [1.165, 1.54) is 12.1 Å². The number of sulfone groups is 1. The summed E-state index contributed by atoms with van der Waals surface area (Å²) in [6.45, 7) is 3.79. The first-order chi connectivity index (χ1) is 11.6. The molecule has 0 amide bonds. The van der Waals surface area contributed by atoms with Crippen molar-refractivity contribution < 1.29 is 16.8 Å². The van der Waals surface area contributed by atoms with Gasteiger partial charge in [-0.05, 0) is 48.7 Å². The van der Waals surface area contributed by atoms with Crippen molar-refractivity contribution in [2.24, 2.45) is 0 Å². The summed E-state index contributed by atoms with van der Waals surface area (Å²) in [6, 6.07) is 12.6. The predicted octanol–water partition coefficient (Wildman–Crippen LogP) is 3.08. The molecule has 2 aromatic rings. The zero-order valence-corrected chi connectivity index (χ0v) is 16.2. The minimum Gasteiger partial charge on any atom is -0.224 e. The molecule has 0 heterocycles. The second-order valence-corrected chi connectivity index (χ2v) is 9.81. The molecule has 0 aromatic heterocycles. The first-order valence-corrected chi connectivity index (χ1v) is 11.4. The Morgan fingerprint density at radius 3 is 1.88 bits per heavy atom. The number of sulfonamides is 1. The first kappa shape index (κ1) is 19.6. The monoisotopic (exact) mass is 381 g/mol. The fraction of sp³-hybridized carbons (Fsp3) is 0.333. The number of nitrogens with one attached hydrogen (secondary N) is 1. The van der Waals surface area contributed by atoms with Gasteiger partial charge in [-0.1, -0.05) is 37.6 Å². The highest BCUT2D eigenvalue weighted by atomic mass is 32.2. The highest BCUT2D eigenvalue weighted by Gasteiger charge is 2.18. The summed E-state index contributed by atoms with van der Waals surface area (Å²) in [6.07, 6.45) is 3.05. The molecule has 0 fully saturated rings. The van der Waals surface area contributed by atoms with Crippen molar-refractivity contribution in [3.8, 4) is 0 Å². The Labute approximate surface area is 150 Å². The van der Waals surface area contributed by atoms with Gasteiger partial charge in [0.25, 0.3) is 0 Å². The van der Waals surface area contributed by atoms with Gasteiger partial charge in [-0.15, -0.1) is 0 Å². The molecule has 1 atom stereocenters. The molecule has 0 bridgehead atoms. The smallest absolute Gasteiger partial charge is 0.224 e. The van der Waals surface area contributed by atoms with E-state index < -0.39 is 25.9 Å². The normalized spacial score (nSPS) is 13.6. The van der Waals surface area contributed by atoms with E-state index in [0.717, 1.165) is 24.7 Å². The molecule has 2 rings (SSSR count). The molecule has 0 saturated heterocycles. The third kappa shape index (κ3) is 5.14. The average Bonchev–Trinajstić information content (AvgIpc) is 2.54. The van der Waals surface area contributed by atoms with Gasteiger partial charge in [-0.3, -0.25) is 0 Å². The lowest BCUT2D eigenvalue weighted by Crippen LogP contribution is -2.26. The summed E-state index contributed by atoms with van der Waals surface area (Å²) in [7, 11) is -6.92. The number of rotatable bonds is 7. The van der Waals surface area contributed by atoms with Crippen molar-refractivity contribution >= 4 is 19.9 Å². The Morgan fingerprint density at radius 2 is 1.40 bits per heavy atom. The molecule has 5 nitrogen and oxygen atoms in total. The molecule has 2 aromatic carbocycles. The van der Waals surface area contributed by atoms with Crippen molar-refractivity contribution in [2.75, 3.05) is 6.26 Å². The van der Waals surface area contributed by atoms with Crippen LogP contribution in [0.3, 0.4) is 0 Å². The van der Waals surface area contributed by atoms with Gasteiger partial charge in [0.2, 0.25) is 10.0 Å². The Hall–Kier alpha value is -1.70. The molecular formula is C18H23NO4S2. The van der Waals surface area contributed by atoms with Gasteiger partial charge >= 0.3 is 0 Å². The van der Waals surface area contributed by atoms with Crippen molar-refractivity contribution in [2.45, 2.75) is 42.5 Å². The molecule has 0 radical (unpaired) electrons. The highest BCUT2D eigenvalue weighted by Crippen LogP contribution is 2.19. The molecule has 0 aliphatic rings. The number of benzene rings is 2. The average molecular weight is 382 g/mol. The van der Waals surface area contributed by atoms with Crippen LogP contribution < -0.4 is 4.72 Å². The van der Waals surface area contributed by atoms with Crippen molar-refractivity contribution in [3.63, 3.8) is 0 Å². The maximum Gasteiger partial charge on any atom is 0.241 e. The van der Waals surface area contributed by atoms with E-state index in [2.05, 4.69) is 11.6 Å². The highest BCUT2D eigenvalue weighted by molar-refractivity contribution is 7.90. The van der Waals surface area contributed by atoms with Gasteiger partial charge in [0, 0.05) is 12.3 Å². The van der Waals surface area contributed by atoms with E-state index in [1.807, 2.05) is 12.1 Å². The van der Waals surface area contributed by atoms with Gasteiger partial charge in [0.1, 0.15) is 0 Å². The zero-order valence-electron chi connectivity index (χ0n) is 14.6. The van der Waals surface area contributed by atoms with E-state index in [0.29, 0.717) is 5.56 Å². The van der Waals surface area contributed by atoms with Crippen LogP contribution in [0.5, 0.6) is 0 Å². The molecule has 0 aliphatic heterocycles. The third-order valence-corrected chi connectivity index (χ3v) is 6.60. The van der Waals surface area contributed by atoms with Crippen LogP contribution in [0, 0.1) is 0 Å². The fourth-order valence-corrected chi connectivity index (χ4v) is 4.36. The van der Waals surface area contributed by atoms with Crippen molar-refractivity contribution in [1.82, 2.24) is 4.72 Å². The lowest BCUT2D eigenvalue weighted by Gasteiger charge is -2.15. The van der Waals surface area contributed by atoms with E-state index in [4.69, 9.17) is 0 Å². The maximum atomic E-state index is 12.5. The SMILES string of the molecule is CCCc1ccc(S(=O)(=O)NC(C)c2ccc(S(C)(=O)=O)cc2)cc1. The van der Waals surface area contributed by atoms with Crippen LogP contribution in [0.15, 0.2) is 58.3 Å². The standard InChI is InChI=1S/C18H23NO4S2/c1-4-5-15-6-10-18(11-7-15)25(22,23)19-14(2)16-8-12-17(13-9-16)24(3,20)21/h6-14,19H,4-5H2,1-3H3. The summed E-state index contributed by atoms with van der Waals surface area (Å²) < 4.78 is 50.6. The number of aryl methyl sites for hydroxylation is 1. The minimum atomic E-state index is -3.65. The van der Waals surface area contributed by atoms with Crippen LogP contribution in [0.2, 0.25) is 0 Å². The summed E-state index contributed by atoms with van der Waals surface area (Å²) in [5.74, 6) is 0. The fourth-order valence-electron chi connectivity index (χ4n) is 2.50. The van der Waals surface area contributed by atoms with Crippen LogP contribution in [0.4, 0.5) is 0 Å². The van der Waals surface area contributed by atoms with E-state index >= 15 is 0 Å². The van der Waals surface area contributed by atoms with Crippen LogP contribution in [0.25, 0.3) is 0 Å². The van der Waals surface area contributed by atoms with E-state index in [1.54, 1.807) is 31.2 Å². The van der Waals surface area contributed by atoms with Gasteiger partial charge in [0.15, 0.2) is 9.84 Å². The Kier molecular flexibility index (Phi) is 6.03. The van der Waals surface area contributed by atoms with Crippen LogP contribution >= 0.6 is 0 Å². The quantitative estimate of drug-likeness (QED) is 0.799. The van der Waals surface area contributed by atoms with Gasteiger partial charge in [-0.2, -0.15) is 0 Å². The Morgan fingerprint density at radius 1 is 0.880 bits per heavy atom. The minimum absolute atomic E-state index is 0.206. The first-order valence-electron chi connectivity index (χ1n) is 8.05. The molecular weight excluding hydrogens is 358 g/mol. The third-order valence-electron chi connectivity index (χ3n) is 3.91. The summed E-state index contributed by atoms with van der Waals surface area (Å²) in [4.78, 5) is 0.421.